The number of hydrogen-bond donors (Lipinski definition) is 2. The SMILES string of the molecule is C[C@@H]1CN(C2CCC(Nc3cc(-c4cccc(NCC5(C#N)CCOCC5)n4)c(Cl)cn3)CC2)C[C@H](C)O1. The molecule has 0 amide bonds. The number of anilines is 2. The second-order valence-electron chi connectivity index (χ2n) is 11.2. The largest absolute Gasteiger partial charge is 0.381 e. The summed E-state index contributed by atoms with van der Waals surface area (Å²) in [5.41, 5.74) is 1.21. The Kier molecular flexibility index (Phi) is 8.69. The molecule has 9 heteroatoms. The highest BCUT2D eigenvalue weighted by molar-refractivity contribution is 6.33. The lowest BCUT2D eigenvalue weighted by atomic mass is 9.82. The Balaban J connectivity index is 1.20. The number of pyridine rings is 2. The molecule has 1 saturated carbocycles. The van der Waals surface area contributed by atoms with E-state index in [1.54, 1.807) is 6.20 Å². The van der Waals surface area contributed by atoms with Crippen LogP contribution >= 0.6 is 11.6 Å². The van der Waals surface area contributed by atoms with Gasteiger partial charge in [-0.1, -0.05) is 17.7 Å². The van der Waals surface area contributed by atoms with E-state index in [9.17, 15) is 5.26 Å². The van der Waals surface area contributed by atoms with Crippen LogP contribution < -0.4 is 10.6 Å². The van der Waals surface area contributed by atoms with Gasteiger partial charge in [0.2, 0.25) is 0 Å². The molecule has 3 fully saturated rings. The van der Waals surface area contributed by atoms with Gasteiger partial charge < -0.3 is 20.1 Å². The fourth-order valence-corrected chi connectivity index (χ4v) is 6.26. The first-order valence-electron chi connectivity index (χ1n) is 13.9. The van der Waals surface area contributed by atoms with Crippen molar-refractivity contribution < 1.29 is 9.47 Å². The molecule has 1 aliphatic carbocycles. The van der Waals surface area contributed by atoms with E-state index < -0.39 is 5.41 Å². The summed E-state index contributed by atoms with van der Waals surface area (Å²) < 4.78 is 11.4. The Morgan fingerprint density at radius 2 is 1.84 bits per heavy atom. The molecule has 38 heavy (non-hydrogen) atoms. The lowest BCUT2D eigenvalue weighted by molar-refractivity contribution is -0.0842. The van der Waals surface area contributed by atoms with Crippen molar-refractivity contribution in [1.29, 1.82) is 5.26 Å². The minimum atomic E-state index is -0.418. The molecule has 0 spiro atoms. The van der Waals surface area contributed by atoms with Crippen LogP contribution in [0.5, 0.6) is 0 Å². The lowest BCUT2D eigenvalue weighted by Gasteiger charge is -2.43. The summed E-state index contributed by atoms with van der Waals surface area (Å²) in [5, 5.41) is 17.3. The van der Waals surface area contributed by atoms with Gasteiger partial charge >= 0.3 is 0 Å². The Morgan fingerprint density at radius 1 is 1.11 bits per heavy atom. The minimum Gasteiger partial charge on any atom is -0.381 e. The third-order valence-electron chi connectivity index (χ3n) is 8.19. The summed E-state index contributed by atoms with van der Waals surface area (Å²) >= 11 is 6.57. The summed E-state index contributed by atoms with van der Waals surface area (Å²) in [6.45, 7) is 8.20. The standard InChI is InChI=1S/C29H39ClN6O2/c1-20-16-36(17-21(2)38-20)23-8-6-22(7-9-23)34-28-14-24(25(30)15-32-28)26-4-3-5-27(35-26)33-19-29(18-31)10-12-37-13-11-29/h3-5,14-15,20-23H,6-13,16-17,19H2,1-2H3,(H,32,34)(H,33,35)/t20-,21+,22?,23?. The van der Waals surface area contributed by atoms with Crippen LogP contribution in [0, 0.1) is 16.7 Å². The average molecular weight is 539 g/mol. The van der Waals surface area contributed by atoms with Crippen molar-refractivity contribution in [2.75, 3.05) is 43.5 Å². The molecule has 0 bridgehead atoms. The van der Waals surface area contributed by atoms with Crippen LogP contribution in [0.1, 0.15) is 52.4 Å². The number of halogens is 1. The fraction of sp³-hybridized carbons (Fsp3) is 0.621. The molecule has 0 aromatic carbocycles. The van der Waals surface area contributed by atoms with Gasteiger partial charge in [0.05, 0.1) is 34.4 Å². The predicted molar refractivity (Wildman–Crippen MR) is 150 cm³/mol. The molecule has 5 rings (SSSR count). The Hall–Kier alpha value is -2.44. The van der Waals surface area contributed by atoms with Crippen molar-refractivity contribution in [2.45, 2.75) is 76.7 Å². The van der Waals surface area contributed by atoms with E-state index in [4.69, 9.17) is 26.1 Å². The van der Waals surface area contributed by atoms with Crippen LogP contribution in [0.25, 0.3) is 11.3 Å². The van der Waals surface area contributed by atoms with Crippen LogP contribution in [0.2, 0.25) is 5.02 Å². The van der Waals surface area contributed by atoms with Gasteiger partial charge in [0.25, 0.3) is 0 Å². The van der Waals surface area contributed by atoms with Gasteiger partial charge in [-0.3, -0.25) is 4.90 Å². The molecule has 2 N–H and O–H groups in total. The lowest BCUT2D eigenvalue weighted by Crippen LogP contribution is -2.51. The number of hydrogen-bond acceptors (Lipinski definition) is 8. The van der Waals surface area contributed by atoms with Gasteiger partial charge in [0, 0.05) is 56.7 Å². The second-order valence-corrected chi connectivity index (χ2v) is 11.6. The quantitative estimate of drug-likeness (QED) is 0.486. The van der Waals surface area contributed by atoms with Crippen molar-refractivity contribution in [3.63, 3.8) is 0 Å². The van der Waals surface area contributed by atoms with E-state index in [-0.39, 0.29) is 0 Å². The van der Waals surface area contributed by atoms with Crippen LogP contribution in [-0.2, 0) is 9.47 Å². The average Bonchev–Trinajstić information content (AvgIpc) is 2.93. The highest BCUT2D eigenvalue weighted by Crippen LogP contribution is 2.33. The summed E-state index contributed by atoms with van der Waals surface area (Å²) in [6.07, 6.45) is 8.39. The molecule has 0 unspecified atom stereocenters. The maximum Gasteiger partial charge on any atom is 0.126 e. The van der Waals surface area contributed by atoms with Gasteiger partial charge in [-0.05, 0) is 70.6 Å². The van der Waals surface area contributed by atoms with E-state index in [1.165, 1.54) is 12.8 Å². The van der Waals surface area contributed by atoms with Gasteiger partial charge in [-0.15, -0.1) is 0 Å². The summed E-state index contributed by atoms with van der Waals surface area (Å²) in [6, 6.07) is 11.4. The highest BCUT2D eigenvalue weighted by atomic mass is 35.5. The zero-order chi connectivity index (χ0) is 26.5. The summed E-state index contributed by atoms with van der Waals surface area (Å²) in [4.78, 5) is 12.0. The molecule has 8 nitrogen and oxygen atoms in total. The van der Waals surface area contributed by atoms with Crippen molar-refractivity contribution in [1.82, 2.24) is 14.9 Å². The summed E-state index contributed by atoms with van der Waals surface area (Å²) in [7, 11) is 0. The number of nitriles is 1. The molecule has 2 atom stereocenters. The topological polar surface area (TPSA) is 95.3 Å². The van der Waals surface area contributed by atoms with Crippen molar-refractivity contribution >= 4 is 23.2 Å². The number of nitrogens with one attached hydrogen (secondary N) is 2. The molecule has 4 heterocycles. The van der Waals surface area contributed by atoms with Crippen LogP contribution in [0.3, 0.4) is 0 Å². The van der Waals surface area contributed by atoms with Crippen molar-refractivity contribution in [2.24, 2.45) is 5.41 Å². The van der Waals surface area contributed by atoms with E-state index in [0.29, 0.717) is 49.1 Å². The van der Waals surface area contributed by atoms with Gasteiger partial charge in [0.15, 0.2) is 0 Å². The number of nitrogens with zero attached hydrogens (tertiary/aromatic N) is 4. The number of rotatable bonds is 7. The second kappa shape index (κ2) is 12.2. The molecule has 2 aromatic rings. The third kappa shape index (κ3) is 6.58. The molecular weight excluding hydrogens is 500 g/mol. The zero-order valence-electron chi connectivity index (χ0n) is 22.5. The van der Waals surface area contributed by atoms with Crippen LogP contribution in [0.15, 0.2) is 30.5 Å². The highest BCUT2D eigenvalue weighted by Gasteiger charge is 2.33. The number of morpholine rings is 1. The monoisotopic (exact) mass is 538 g/mol. The fourth-order valence-electron chi connectivity index (χ4n) is 6.06. The molecular formula is C29H39ClN6O2. The Labute approximate surface area is 231 Å². The zero-order valence-corrected chi connectivity index (χ0v) is 23.2. The van der Waals surface area contributed by atoms with E-state index in [0.717, 1.165) is 61.7 Å². The number of ether oxygens (including phenoxy) is 2. The van der Waals surface area contributed by atoms with Gasteiger partial charge in [-0.25, -0.2) is 9.97 Å². The molecule has 2 saturated heterocycles. The molecule has 204 valence electrons. The minimum absolute atomic E-state index is 0.308. The molecule has 2 aliphatic heterocycles. The first kappa shape index (κ1) is 27.1. The normalized spacial score (nSPS) is 27.8. The van der Waals surface area contributed by atoms with E-state index in [1.807, 2.05) is 24.3 Å². The van der Waals surface area contributed by atoms with E-state index >= 15 is 0 Å². The van der Waals surface area contributed by atoms with Crippen LogP contribution in [-0.4, -0.2) is 72.0 Å². The van der Waals surface area contributed by atoms with Crippen LogP contribution in [0.4, 0.5) is 11.6 Å². The van der Waals surface area contributed by atoms with Gasteiger partial charge in [-0.2, -0.15) is 5.26 Å². The van der Waals surface area contributed by atoms with Crippen molar-refractivity contribution in [3.8, 4) is 17.3 Å². The third-order valence-corrected chi connectivity index (χ3v) is 8.49. The van der Waals surface area contributed by atoms with Crippen molar-refractivity contribution in [3.05, 3.63) is 35.5 Å². The van der Waals surface area contributed by atoms with E-state index in [2.05, 4.69) is 40.4 Å². The first-order chi connectivity index (χ1) is 18.4. The Morgan fingerprint density at radius 3 is 2.55 bits per heavy atom. The maximum atomic E-state index is 9.75. The Bertz CT molecular complexity index is 1120. The number of aromatic nitrogens is 2. The molecule has 2 aromatic heterocycles. The molecule has 3 aliphatic rings. The maximum absolute atomic E-state index is 9.75. The smallest absolute Gasteiger partial charge is 0.126 e. The molecule has 0 radical (unpaired) electrons. The predicted octanol–water partition coefficient (Wildman–Crippen LogP) is 5.36. The van der Waals surface area contributed by atoms with Gasteiger partial charge in [0.1, 0.15) is 11.6 Å². The first-order valence-corrected chi connectivity index (χ1v) is 14.3. The summed E-state index contributed by atoms with van der Waals surface area (Å²) in [5.74, 6) is 1.56.